The van der Waals surface area contributed by atoms with Gasteiger partial charge in [-0.1, -0.05) is 0 Å². The molecule has 116 valence electrons. The van der Waals surface area contributed by atoms with Gasteiger partial charge in [-0.2, -0.15) is 0 Å². The highest BCUT2D eigenvalue weighted by molar-refractivity contribution is 6.02. The lowest BCUT2D eigenvalue weighted by molar-refractivity contribution is 0.0814. The van der Waals surface area contributed by atoms with Crippen LogP contribution in [0.1, 0.15) is 17.3 Å². The fourth-order valence-corrected chi connectivity index (χ4v) is 2.03. The summed E-state index contributed by atoms with van der Waals surface area (Å²) in [5, 5.41) is 0. The molecule has 0 saturated heterocycles. The summed E-state index contributed by atoms with van der Waals surface area (Å²) in [4.78, 5) is 12.6. The number of Topliss-reactive ketones (excluding diaryl/α,β-unsaturated/α-hetero) is 1. The highest BCUT2D eigenvalue weighted by Crippen LogP contribution is 2.26. The molecule has 0 amide bonds. The summed E-state index contributed by atoms with van der Waals surface area (Å²) in [7, 11) is 3.06. The number of carbonyl (C=O) groups is 1. The van der Waals surface area contributed by atoms with Gasteiger partial charge >= 0.3 is 0 Å². The van der Waals surface area contributed by atoms with E-state index in [0.29, 0.717) is 28.5 Å². The van der Waals surface area contributed by atoms with Gasteiger partial charge in [-0.05, 0) is 49.4 Å². The van der Waals surface area contributed by atoms with Crippen molar-refractivity contribution in [1.82, 2.24) is 0 Å². The summed E-state index contributed by atoms with van der Waals surface area (Å²) in [6.45, 7) is 1.69. The Bertz CT molecular complexity index is 652. The first-order valence-corrected chi connectivity index (χ1v) is 6.83. The SMILES string of the molecule is COc1ccc(OC)c(C(=O)C(C)Oc2ccc(N)cc2)c1. The number of nitrogen functional groups attached to an aromatic ring is 1. The summed E-state index contributed by atoms with van der Waals surface area (Å²) in [6.07, 6.45) is -0.662. The number of rotatable bonds is 6. The molecule has 1 unspecified atom stereocenters. The molecule has 0 fully saturated rings. The summed E-state index contributed by atoms with van der Waals surface area (Å²) in [6, 6.07) is 12.0. The Kier molecular flexibility index (Phi) is 4.88. The molecular weight excluding hydrogens is 282 g/mol. The normalized spacial score (nSPS) is 11.6. The first-order chi connectivity index (χ1) is 10.5. The molecular formula is C17H19NO4. The third-order valence-electron chi connectivity index (χ3n) is 3.23. The van der Waals surface area contributed by atoms with E-state index in [1.807, 2.05) is 0 Å². The first-order valence-electron chi connectivity index (χ1n) is 6.83. The Hall–Kier alpha value is -2.69. The number of ketones is 1. The van der Waals surface area contributed by atoms with E-state index in [0.717, 1.165) is 0 Å². The van der Waals surface area contributed by atoms with Crippen molar-refractivity contribution in [3.05, 3.63) is 48.0 Å². The van der Waals surface area contributed by atoms with Crippen LogP contribution in [-0.2, 0) is 0 Å². The summed E-state index contributed by atoms with van der Waals surface area (Å²) in [5.74, 6) is 1.46. The van der Waals surface area contributed by atoms with Gasteiger partial charge in [-0.25, -0.2) is 0 Å². The average Bonchev–Trinajstić information content (AvgIpc) is 2.55. The molecule has 0 aliphatic carbocycles. The van der Waals surface area contributed by atoms with Crippen LogP contribution in [0.3, 0.4) is 0 Å². The van der Waals surface area contributed by atoms with E-state index >= 15 is 0 Å². The summed E-state index contributed by atoms with van der Waals surface area (Å²) in [5.41, 5.74) is 6.69. The predicted molar refractivity (Wildman–Crippen MR) is 84.8 cm³/mol. The zero-order valence-corrected chi connectivity index (χ0v) is 12.8. The van der Waals surface area contributed by atoms with E-state index in [-0.39, 0.29) is 5.78 Å². The van der Waals surface area contributed by atoms with Crippen molar-refractivity contribution in [2.75, 3.05) is 20.0 Å². The van der Waals surface area contributed by atoms with Gasteiger partial charge in [-0.3, -0.25) is 4.79 Å². The second kappa shape index (κ2) is 6.85. The van der Waals surface area contributed by atoms with Crippen molar-refractivity contribution in [3.8, 4) is 17.2 Å². The molecule has 2 N–H and O–H groups in total. The third kappa shape index (κ3) is 3.49. The summed E-state index contributed by atoms with van der Waals surface area (Å²) >= 11 is 0. The number of benzene rings is 2. The molecule has 1 atom stereocenters. The largest absolute Gasteiger partial charge is 0.497 e. The van der Waals surface area contributed by atoms with Gasteiger partial charge in [0.05, 0.1) is 19.8 Å². The maximum atomic E-state index is 12.6. The van der Waals surface area contributed by atoms with Crippen molar-refractivity contribution >= 4 is 11.5 Å². The Morgan fingerprint density at radius 2 is 1.64 bits per heavy atom. The number of carbonyl (C=O) groups excluding carboxylic acids is 1. The topological polar surface area (TPSA) is 70.8 Å². The lowest BCUT2D eigenvalue weighted by Crippen LogP contribution is -2.24. The number of anilines is 1. The number of hydrogen-bond acceptors (Lipinski definition) is 5. The molecule has 0 bridgehead atoms. The van der Waals surface area contributed by atoms with Crippen molar-refractivity contribution < 1.29 is 19.0 Å². The maximum absolute atomic E-state index is 12.6. The third-order valence-corrected chi connectivity index (χ3v) is 3.23. The van der Waals surface area contributed by atoms with Gasteiger partial charge in [-0.15, -0.1) is 0 Å². The number of methoxy groups -OCH3 is 2. The van der Waals surface area contributed by atoms with E-state index in [1.165, 1.54) is 7.11 Å². The molecule has 2 aromatic carbocycles. The predicted octanol–water partition coefficient (Wildman–Crippen LogP) is 2.94. The van der Waals surface area contributed by atoms with Gasteiger partial charge in [0.2, 0.25) is 5.78 Å². The van der Waals surface area contributed by atoms with Crippen LogP contribution in [0.4, 0.5) is 5.69 Å². The van der Waals surface area contributed by atoms with Crippen LogP contribution in [-0.4, -0.2) is 26.1 Å². The van der Waals surface area contributed by atoms with E-state index in [9.17, 15) is 4.79 Å². The van der Waals surface area contributed by atoms with Crippen LogP contribution in [0.25, 0.3) is 0 Å². The van der Waals surface area contributed by atoms with E-state index < -0.39 is 6.10 Å². The van der Waals surface area contributed by atoms with Crippen LogP contribution >= 0.6 is 0 Å². The fourth-order valence-electron chi connectivity index (χ4n) is 2.03. The molecule has 5 nitrogen and oxygen atoms in total. The van der Waals surface area contributed by atoms with Crippen LogP contribution in [0.2, 0.25) is 0 Å². The van der Waals surface area contributed by atoms with Crippen LogP contribution in [0.15, 0.2) is 42.5 Å². The molecule has 22 heavy (non-hydrogen) atoms. The summed E-state index contributed by atoms with van der Waals surface area (Å²) < 4.78 is 16.0. The van der Waals surface area contributed by atoms with Crippen molar-refractivity contribution in [3.63, 3.8) is 0 Å². The highest BCUT2D eigenvalue weighted by atomic mass is 16.5. The number of ether oxygens (including phenoxy) is 3. The molecule has 2 rings (SSSR count). The quantitative estimate of drug-likeness (QED) is 0.656. The van der Waals surface area contributed by atoms with Crippen molar-refractivity contribution in [2.24, 2.45) is 0 Å². The second-order valence-electron chi connectivity index (χ2n) is 4.76. The molecule has 0 radical (unpaired) electrons. The van der Waals surface area contributed by atoms with Crippen molar-refractivity contribution in [1.29, 1.82) is 0 Å². The lowest BCUT2D eigenvalue weighted by atomic mass is 10.1. The van der Waals surface area contributed by atoms with Crippen LogP contribution in [0.5, 0.6) is 17.2 Å². The Morgan fingerprint density at radius 3 is 2.23 bits per heavy atom. The van der Waals surface area contributed by atoms with Gasteiger partial charge in [0.15, 0.2) is 6.10 Å². The van der Waals surface area contributed by atoms with Gasteiger partial charge in [0.1, 0.15) is 17.2 Å². The first kappa shape index (κ1) is 15.7. The molecule has 0 heterocycles. The van der Waals surface area contributed by atoms with Gasteiger partial charge in [0, 0.05) is 5.69 Å². The molecule has 0 aliphatic heterocycles. The number of hydrogen-bond donors (Lipinski definition) is 1. The zero-order valence-electron chi connectivity index (χ0n) is 12.8. The second-order valence-corrected chi connectivity index (χ2v) is 4.76. The van der Waals surface area contributed by atoms with E-state index in [2.05, 4.69) is 0 Å². The molecule has 0 saturated carbocycles. The molecule has 5 heteroatoms. The lowest BCUT2D eigenvalue weighted by Gasteiger charge is -2.16. The molecule has 2 aromatic rings. The van der Waals surface area contributed by atoms with E-state index in [1.54, 1.807) is 56.5 Å². The van der Waals surface area contributed by atoms with Crippen LogP contribution < -0.4 is 19.9 Å². The Balaban J connectivity index is 2.21. The minimum absolute atomic E-state index is 0.187. The van der Waals surface area contributed by atoms with Crippen molar-refractivity contribution in [2.45, 2.75) is 13.0 Å². The average molecular weight is 301 g/mol. The minimum atomic E-state index is -0.662. The Labute approximate surface area is 129 Å². The minimum Gasteiger partial charge on any atom is -0.497 e. The molecule has 0 spiro atoms. The Morgan fingerprint density at radius 1 is 1.00 bits per heavy atom. The van der Waals surface area contributed by atoms with Gasteiger partial charge < -0.3 is 19.9 Å². The maximum Gasteiger partial charge on any atom is 0.206 e. The zero-order chi connectivity index (χ0) is 16.1. The molecule has 0 aliphatic rings. The monoisotopic (exact) mass is 301 g/mol. The van der Waals surface area contributed by atoms with E-state index in [4.69, 9.17) is 19.9 Å². The van der Waals surface area contributed by atoms with Gasteiger partial charge in [0.25, 0.3) is 0 Å². The fraction of sp³-hybridized carbons (Fsp3) is 0.235. The smallest absolute Gasteiger partial charge is 0.206 e. The molecule has 0 aromatic heterocycles. The highest BCUT2D eigenvalue weighted by Gasteiger charge is 2.21. The standard InChI is InChI=1S/C17H19NO4/c1-11(22-13-6-4-12(18)5-7-13)17(19)15-10-14(20-2)8-9-16(15)21-3/h4-11H,18H2,1-3H3. The number of nitrogens with two attached hydrogens (primary N) is 1. The van der Waals surface area contributed by atoms with Crippen LogP contribution in [0, 0.1) is 0 Å².